The van der Waals surface area contributed by atoms with Crippen LogP contribution in [0.3, 0.4) is 0 Å². The van der Waals surface area contributed by atoms with E-state index in [-0.39, 0.29) is 17.9 Å². The third-order valence-electron chi connectivity index (χ3n) is 4.07. The number of rotatable bonds is 6. The highest BCUT2D eigenvalue weighted by atomic mass is 32.2. The highest BCUT2D eigenvalue weighted by Gasteiger charge is 2.18. The molecule has 1 aromatic heterocycles. The fraction of sp³-hybridized carbons (Fsp3) is 0.286. The van der Waals surface area contributed by atoms with Gasteiger partial charge in [-0.1, -0.05) is 39.0 Å². The molecule has 0 aliphatic heterocycles. The SMILES string of the molecule is Cn1cnnc1Sc1ccc(NC(=O)COc2ccccc2C(C)(C)C)cc1. The van der Waals surface area contributed by atoms with Crippen LogP contribution in [-0.2, 0) is 17.3 Å². The number of aryl methyl sites for hydroxylation is 1. The van der Waals surface area contributed by atoms with Crippen LogP contribution in [0.25, 0.3) is 0 Å². The van der Waals surface area contributed by atoms with E-state index in [4.69, 9.17) is 4.74 Å². The number of carbonyl (C=O) groups is 1. The normalized spacial score (nSPS) is 11.3. The molecule has 1 heterocycles. The van der Waals surface area contributed by atoms with Gasteiger partial charge in [0.15, 0.2) is 11.8 Å². The van der Waals surface area contributed by atoms with Crippen molar-refractivity contribution in [1.29, 1.82) is 0 Å². The van der Waals surface area contributed by atoms with Crippen molar-refractivity contribution in [2.75, 3.05) is 11.9 Å². The average molecular weight is 397 g/mol. The Kier molecular flexibility index (Phi) is 6.04. The predicted octanol–water partition coefficient (Wildman–Crippen LogP) is 4.28. The van der Waals surface area contributed by atoms with Crippen molar-refractivity contribution >= 4 is 23.4 Å². The predicted molar refractivity (Wildman–Crippen MR) is 111 cm³/mol. The monoisotopic (exact) mass is 396 g/mol. The van der Waals surface area contributed by atoms with Gasteiger partial charge in [0.2, 0.25) is 0 Å². The number of carbonyl (C=O) groups excluding carboxylic acids is 1. The second kappa shape index (κ2) is 8.48. The zero-order valence-corrected chi connectivity index (χ0v) is 17.3. The molecule has 0 bridgehead atoms. The summed E-state index contributed by atoms with van der Waals surface area (Å²) in [6.07, 6.45) is 1.66. The van der Waals surface area contributed by atoms with Crippen molar-refractivity contribution in [2.45, 2.75) is 36.2 Å². The molecule has 1 N–H and O–H groups in total. The van der Waals surface area contributed by atoms with Gasteiger partial charge in [0.1, 0.15) is 12.1 Å². The maximum Gasteiger partial charge on any atom is 0.262 e. The topological polar surface area (TPSA) is 69.0 Å². The zero-order valence-electron chi connectivity index (χ0n) is 16.5. The van der Waals surface area contributed by atoms with Crippen LogP contribution in [0.5, 0.6) is 5.75 Å². The Morgan fingerprint density at radius 3 is 2.50 bits per heavy atom. The molecule has 3 aromatic rings. The van der Waals surface area contributed by atoms with Crippen LogP contribution < -0.4 is 10.1 Å². The van der Waals surface area contributed by atoms with Gasteiger partial charge in [-0.25, -0.2) is 0 Å². The van der Waals surface area contributed by atoms with Crippen molar-refractivity contribution in [3.63, 3.8) is 0 Å². The molecule has 1 amide bonds. The van der Waals surface area contributed by atoms with Crippen LogP contribution in [0.1, 0.15) is 26.3 Å². The lowest BCUT2D eigenvalue weighted by Crippen LogP contribution is -2.21. The summed E-state index contributed by atoms with van der Waals surface area (Å²) in [5.41, 5.74) is 1.75. The standard InChI is InChI=1S/C21H24N4O2S/c1-21(2,3)17-7-5-6-8-18(17)27-13-19(26)23-15-9-11-16(12-10-15)28-20-24-22-14-25(20)4/h5-12,14H,13H2,1-4H3,(H,23,26). The second-order valence-corrected chi connectivity index (χ2v) is 8.47. The molecule has 0 saturated carbocycles. The largest absolute Gasteiger partial charge is 0.483 e. The van der Waals surface area contributed by atoms with Gasteiger partial charge in [-0.2, -0.15) is 0 Å². The van der Waals surface area contributed by atoms with Gasteiger partial charge in [0.25, 0.3) is 5.91 Å². The van der Waals surface area contributed by atoms with Crippen LogP contribution in [0.4, 0.5) is 5.69 Å². The van der Waals surface area contributed by atoms with E-state index in [9.17, 15) is 4.79 Å². The summed E-state index contributed by atoms with van der Waals surface area (Å²) in [5.74, 6) is 0.540. The van der Waals surface area contributed by atoms with Crippen molar-refractivity contribution < 1.29 is 9.53 Å². The van der Waals surface area contributed by atoms with Gasteiger partial charge in [-0.15, -0.1) is 10.2 Å². The lowest BCUT2D eigenvalue weighted by molar-refractivity contribution is -0.118. The fourth-order valence-corrected chi connectivity index (χ4v) is 3.39. The maximum absolute atomic E-state index is 12.3. The van der Waals surface area contributed by atoms with Gasteiger partial charge >= 0.3 is 0 Å². The number of aromatic nitrogens is 3. The Labute approximate surface area is 169 Å². The second-order valence-electron chi connectivity index (χ2n) is 7.43. The van der Waals surface area contributed by atoms with Crippen LogP contribution in [0.15, 0.2) is 64.9 Å². The molecule has 0 aliphatic carbocycles. The molecule has 2 aromatic carbocycles. The van der Waals surface area contributed by atoms with Gasteiger partial charge in [-0.05, 0) is 53.1 Å². The number of ether oxygens (including phenoxy) is 1. The number of anilines is 1. The number of hydrogen-bond acceptors (Lipinski definition) is 5. The summed E-state index contributed by atoms with van der Waals surface area (Å²) in [6, 6.07) is 15.4. The molecule has 146 valence electrons. The summed E-state index contributed by atoms with van der Waals surface area (Å²) >= 11 is 1.51. The average Bonchev–Trinajstić information content (AvgIpc) is 3.06. The third-order valence-corrected chi connectivity index (χ3v) is 5.13. The molecule has 0 radical (unpaired) electrons. The van der Waals surface area contributed by atoms with Crippen LogP contribution in [0.2, 0.25) is 0 Å². The molecular formula is C21H24N4O2S. The Morgan fingerprint density at radius 1 is 1.14 bits per heavy atom. The molecule has 0 aliphatic rings. The Hall–Kier alpha value is -2.80. The highest BCUT2D eigenvalue weighted by Crippen LogP contribution is 2.31. The summed E-state index contributed by atoms with van der Waals surface area (Å²) in [5, 5.41) is 11.6. The minimum absolute atomic E-state index is 0.0392. The zero-order chi connectivity index (χ0) is 20.1. The smallest absolute Gasteiger partial charge is 0.262 e. The molecule has 0 saturated heterocycles. The number of amides is 1. The van der Waals surface area contributed by atoms with Crippen LogP contribution in [-0.4, -0.2) is 27.3 Å². The van der Waals surface area contributed by atoms with Gasteiger partial charge < -0.3 is 14.6 Å². The number of hydrogen-bond donors (Lipinski definition) is 1. The van der Waals surface area contributed by atoms with Gasteiger partial charge in [0.05, 0.1) is 0 Å². The minimum atomic E-state index is -0.197. The molecule has 7 heteroatoms. The summed E-state index contributed by atoms with van der Waals surface area (Å²) < 4.78 is 7.62. The van der Waals surface area contributed by atoms with E-state index in [1.807, 2.05) is 60.1 Å². The van der Waals surface area contributed by atoms with Gasteiger partial charge in [-0.3, -0.25) is 4.79 Å². The van der Waals surface area contributed by atoms with Gasteiger partial charge in [0, 0.05) is 17.6 Å². The van der Waals surface area contributed by atoms with Crippen molar-refractivity contribution in [2.24, 2.45) is 7.05 Å². The van der Waals surface area contributed by atoms with E-state index >= 15 is 0 Å². The Bertz CT molecular complexity index is 946. The molecule has 0 unspecified atom stereocenters. The minimum Gasteiger partial charge on any atom is -0.483 e. The number of benzene rings is 2. The first-order chi connectivity index (χ1) is 13.3. The van der Waals surface area contributed by atoms with E-state index in [0.29, 0.717) is 0 Å². The van der Waals surface area contributed by atoms with E-state index < -0.39 is 0 Å². The van der Waals surface area contributed by atoms with Crippen molar-refractivity contribution in [1.82, 2.24) is 14.8 Å². The van der Waals surface area contributed by atoms with Crippen LogP contribution >= 0.6 is 11.8 Å². The number of nitrogens with zero attached hydrogens (tertiary/aromatic N) is 3. The summed E-state index contributed by atoms with van der Waals surface area (Å²) in [6.45, 7) is 6.32. The summed E-state index contributed by atoms with van der Waals surface area (Å²) in [4.78, 5) is 13.3. The van der Waals surface area contributed by atoms with E-state index in [0.717, 1.165) is 27.1 Å². The van der Waals surface area contributed by atoms with Crippen molar-refractivity contribution in [3.05, 3.63) is 60.4 Å². The molecule has 0 spiro atoms. The lowest BCUT2D eigenvalue weighted by atomic mass is 9.86. The molecule has 6 nitrogen and oxygen atoms in total. The number of nitrogens with one attached hydrogen (secondary N) is 1. The molecule has 28 heavy (non-hydrogen) atoms. The van der Waals surface area contributed by atoms with E-state index in [1.54, 1.807) is 6.33 Å². The Morgan fingerprint density at radius 2 is 1.86 bits per heavy atom. The first kappa shape index (κ1) is 19.9. The Balaban J connectivity index is 1.56. The summed E-state index contributed by atoms with van der Waals surface area (Å²) in [7, 11) is 1.90. The van der Waals surface area contributed by atoms with Crippen LogP contribution in [0, 0.1) is 0 Å². The molecule has 0 fully saturated rings. The first-order valence-corrected chi connectivity index (χ1v) is 9.78. The molecule has 3 rings (SSSR count). The third kappa shape index (κ3) is 5.13. The quantitative estimate of drug-likeness (QED) is 0.673. The number of para-hydroxylation sites is 1. The van der Waals surface area contributed by atoms with E-state index in [1.165, 1.54) is 11.8 Å². The molecular weight excluding hydrogens is 372 g/mol. The first-order valence-electron chi connectivity index (χ1n) is 8.97. The lowest BCUT2D eigenvalue weighted by Gasteiger charge is -2.22. The molecule has 0 atom stereocenters. The highest BCUT2D eigenvalue weighted by molar-refractivity contribution is 7.99. The van der Waals surface area contributed by atoms with Crippen molar-refractivity contribution in [3.8, 4) is 5.75 Å². The van der Waals surface area contributed by atoms with E-state index in [2.05, 4.69) is 36.3 Å². The fourth-order valence-electron chi connectivity index (χ4n) is 2.63. The maximum atomic E-state index is 12.3.